The zero-order chi connectivity index (χ0) is 17.0. The second-order valence-electron chi connectivity index (χ2n) is 6.43. The Kier molecular flexibility index (Phi) is 5.97. The van der Waals surface area contributed by atoms with E-state index in [1.807, 2.05) is 25.3 Å². The van der Waals surface area contributed by atoms with Gasteiger partial charge in [-0.15, -0.1) is 11.3 Å². The average molecular weight is 330 g/mol. The Bertz CT molecular complexity index is 617. The summed E-state index contributed by atoms with van der Waals surface area (Å²) in [5.74, 6) is 0.274. The van der Waals surface area contributed by atoms with Crippen molar-refractivity contribution in [2.24, 2.45) is 11.7 Å². The van der Waals surface area contributed by atoms with E-state index in [-0.39, 0.29) is 23.9 Å². The van der Waals surface area contributed by atoms with E-state index < -0.39 is 0 Å². The molecule has 0 bridgehead atoms. The van der Waals surface area contributed by atoms with E-state index in [0.29, 0.717) is 5.92 Å². The van der Waals surface area contributed by atoms with Crippen LogP contribution < -0.4 is 11.1 Å². The lowest BCUT2D eigenvalue weighted by Crippen LogP contribution is -2.40. The third-order valence-electron chi connectivity index (χ3n) is 4.25. The molecule has 1 heterocycles. The third-order valence-corrected chi connectivity index (χ3v) is 5.19. The minimum absolute atomic E-state index is 0.00802. The summed E-state index contributed by atoms with van der Waals surface area (Å²) in [6.07, 6.45) is 0. The molecule has 0 aliphatic carbocycles. The second-order valence-corrected chi connectivity index (χ2v) is 7.41. The highest BCUT2D eigenvalue weighted by atomic mass is 32.1. The van der Waals surface area contributed by atoms with Crippen molar-refractivity contribution in [3.05, 3.63) is 57.8 Å². The fraction of sp³-hybridized carbons (Fsp3) is 0.421. The fourth-order valence-corrected chi connectivity index (χ4v) is 3.16. The highest BCUT2D eigenvalue weighted by Gasteiger charge is 2.23. The van der Waals surface area contributed by atoms with Gasteiger partial charge in [-0.25, -0.2) is 0 Å². The molecule has 2 aromatic rings. The fourth-order valence-electron chi connectivity index (χ4n) is 2.36. The molecule has 1 amide bonds. The van der Waals surface area contributed by atoms with Gasteiger partial charge in [0.2, 0.25) is 5.91 Å². The number of thiophene rings is 1. The van der Waals surface area contributed by atoms with Crippen molar-refractivity contribution < 1.29 is 4.79 Å². The van der Waals surface area contributed by atoms with Crippen LogP contribution in [-0.4, -0.2) is 11.9 Å². The maximum atomic E-state index is 12.5. The van der Waals surface area contributed by atoms with Crippen LogP contribution in [0.3, 0.4) is 0 Å². The first-order valence-corrected chi connectivity index (χ1v) is 8.97. The highest BCUT2D eigenvalue weighted by molar-refractivity contribution is 7.10. The highest BCUT2D eigenvalue weighted by Crippen LogP contribution is 2.28. The molecule has 0 fully saturated rings. The number of rotatable bonds is 6. The topological polar surface area (TPSA) is 55.1 Å². The largest absolute Gasteiger partial charge is 0.344 e. The van der Waals surface area contributed by atoms with Gasteiger partial charge in [-0.3, -0.25) is 4.79 Å². The maximum Gasteiger partial charge on any atom is 0.225 e. The minimum Gasteiger partial charge on any atom is -0.344 e. The molecule has 0 saturated heterocycles. The van der Waals surface area contributed by atoms with Crippen molar-refractivity contribution in [3.63, 3.8) is 0 Å². The van der Waals surface area contributed by atoms with Gasteiger partial charge in [-0.05, 0) is 35.4 Å². The number of nitrogens with one attached hydrogen (secondary N) is 1. The smallest absolute Gasteiger partial charge is 0.225 e. The Morgan fingerprint density at radius 3 is 2.13 bits per heavy atom. The van der Waals surface area contributed by atoms with Crippen molar-refractivity contribution in [2.75, 3.05) is 0 Å². The van der Waals surface area contributed by atoms with E-state index in [0.717, 1.165) is 10.4 Å². The molecule has 1 aromatic carbocycles. The summed E-state index contributed by atoms with van der Waals surface area (Å²) in [5, 5.41) is 5.19. The molecule has 0 saturated carbocycles. The average Bonchev–Trinajstić information content (AvgIpc) is 3.05. The van der Waals surface area contributed by atoms with Crippen LogP contribution in [0.1, 0.15) is 55.7 Å². The molecule has 4 heteroatoms. The van der Waals surface area contributed by atoms with Crippen molar-refractivity contribution in [1.82, 2.24) is 5.32 Å². The molecule has 3 atom stereocenters. The third kappa shape index (κ3) is 4.43. The molecular weight excluding hydrogens is 304 g/mol. The molecule has 23 heavy (non-hydrogen) atoms. The summed E-state index contributed by atoms with van der Waals surface area (Å²) in [5.41, 5.74) is 8.26. The number of benzene rings is 1. The predicted molar refractivity (Wildman–Crippen MR) is 97.6 cm³/mol. The maximum absolute atomic E-state index is 12.5. The van der Waals surface area contributed by atoms with E-state index in [2.05, 4.69) is 49.5 Å². The first-order chi connectivity index (χ1) is 10.9. The van der Waals surface area contributed by atoms with Gasteiger partial charge in [-0.1, -0.05) is 51.1 Å². The number of hydrogen-bond donors (Lipinski definition) is 2. The van der Waals surface area contributed by atoms with Crippen molar-refractivity contribution in [1.29, 1.82) is 0 Å². The summed E-state index contributed by atoms with van der Waals surface area (Å²) in [6.45, 7) is 8.09. The lowest BCUT2D eigenvalue weighted by Gasteiger charge is -2.22. The van der Waals surface area contributed by atoms with Crippen LogP contribution in [0.15, 0.2) is 41.8 Å². The van der Waals surface area contributed by atoms with Crippen LogP contribution >= 0.6 is 11.3 Å². The van der Waals surface area contributed by atoms with Gasteiger partial charge in [0.05, 0.1) is 6.04 Å². The molecule has 124 valence electrons. The summed E-state index contributed by atoms with van der Waals surface area (Å²) in [6, 6.07) is 12.3. The van der Waals surface area contributed by atoms with Gasteiger partial charge < -0.3 is 11.1 Å². The lowest BCUT2D eigenvalue weighted by molar-refractivity contribution is -0.125. The van der Waals surface area contributed by atoms with Gasteiger partial charge in [0, 0.05) is 16.8 Å². The SMILES string of the molecule is CC(C)c1ccc(C(NC(=O)C(C)C(C)N)c2cccs2)cc1. The van der Waals surface area contributed by atoms with Crippen LogP contribution in [-0.2, 0) is 4.79 Å². The molecule has 0 aliphatic rings. The van der Waals surface area contributed by atoms with Gasteiger partial charge >= 0.3 is 0 Å². The van der Waals surface area contributed by atoms with E-state index in [9.17, 15) is 4.79 Å². The second kappa shape index (κ2) is 7.75. The molecule has 0 spiro atoms. The monoisotopic (exact) mass is 330 g/mol. The van der Waals surface area contributed by atoms with Crippen LogP contribution in [0.4, 0.5) is 0 Å². The minimum atomic E-state index is -0.215. The molecule has 3 nitrogen and oxygen atoms in total. The first kappa shape index (κ1) is 17.7. The molecule has 3 N–H and O–H groups in total. The van der Waals surface area contributed by atoms with Gasteiger partial charge in [0.15, 0.2) is 0 Å². The number of nitrogens with two attached hydrogens (primary N) is 1. The lowest BCUT2D eigenvalue weighted by atomic mass is 9.97. The summed E-state index contributed by atoms with van der Waals surface area (Å²) < 4.78 is 0. The van der Waals surface area contributed by atoms with Gasteiger partial charge in [-0.2, -0.15) is 0 Å². The van der Waals surface area contributed by atoms with Crippen LogP contribution in [0.25, 0.3) is 0 Å². The first-order valence-electron chi connectivity index (χ1n) is 8.09. The van der Waals surface area contributed by atoms with E-state index in [1.165, 1.54) is 5.56 Å². The van der Waals surface area contributed by atoms with Gasteiger partial charge in [0.1, 0.15) is 0 Å². The number of carbonyl (C=O) groups excluding carboxylic acids is 1. The van der Waals surface area contributed by atoms with Crippen LogP contribution in [0, 0.1) is 5.92 Å². The van der Waals surface area contributed by atoms with Crippen molar-refractivity contribution >= 4 is 17.2 Å². The molecule has 2 rings (SSSR count). The molecule has 0 radical (unpaired) electrons. The van der Waals surface area contributed by atoms with Gasteiger partial charge in [0.25, 0.3) is 0 Å². The molecule has 3 unspecified atom stereocenters. The van der Waals surface area contributed by atoms with E-state index in [1.54, 1.807) is 11.3 Å². The van der Waals surface area contributed by atoms with E-state index in [4.69, 9.17) is 5.73 Å². The zero-order valence-electron chi connectivity index (χ0n) is 14.2. The standard InChI is InChI=1S/C19H26N2OS/c1-12(2)15-7-9-16(10-8-15)18(17-6-5-11-23-17)21-19(22)13(3)14(4)20/h5-14,18H,20H2,1-4H3,(H,21,22). The summed E-state index contributed by atoms with van der Waals surface area (Å²) in [7, 11) is 0. The van der Waals surface area contributed by atoms with Crippen LogP contribution in [0.2, 0.25) is 0 Å². The number of amides is 1. The molecular formula is C19H26N2OS. The number of hydrogen-bond acceptors (Lipinski definition) is 3. The summed E-state index contributed by atoms with van der Waals surface area (Å²) in [4.78, 5) is 13.6. The zero-order valence-corrected chi connectivity index (χ0v) is 15.1. The summed E-state index contributed by atoms with van der Waals surface area (Å²) >= 11 is 1.65. The Morgan fingerprint density at radius 1 is 1.04 bits per heavy atom. The predicted octanol–water partition coefficient (Wildman–Crippen LogP) is 4.06. The Hall–Kier alpha value is -1.65. The quantitative estimate of drug-likeness (QED) is 0.839. The molecule has 0 aliphatic heterocycles. The Morgan fingerprint density at radius 2 is 1.65 bits per heavy atom. The van der Waals surface area contributed by atoms with Crippen LogP contribution in [0.5, 0.6) is 0 Å². The Balaban J connectivity index is 2.26. The Labute approximate surface area is 142 Å². The molecule has 1 aromatic heterocycles. The van der Waals surface area contributed by atoms with Crippen molar-refractivity contribution in [3.8, 4) is 0 Å². The van der Waals surface area contributed by atoms with Crippen molar-refractivity contribution in [2.45, 2.75) is 45.7 Å². The number of carbonyl (C=O) groups is 1. The normalized spacial score (nSPS) is 15.2. The van der Waals surface area contributed by atoms with E-state index >= 15 is 0 Å².